The first-order chi connectivity index (χ1) is 21.9. The first-order valence-corrected chi connectivity index (χ1v) is 16.1. The first kappa shape index (κ1) is 33.0. The fourth-order valence-electron chi connectivity index (χ4n) is 7.36. The van der Waals surface area contributed by atoms with Crippen LogP contribution in [0.3, 0.4) is 0 Å². The minimum atomic E-state index is -0.695. The number of nitrogens with two attached hydrogens (primary N) is 1. The number of piperazine rings is 1. The molecule has 2 aromatic heterocycles. The van der Waals surface area contributed by atoms with E-state index in [1.807, 2.05) is 40.7 Å². The van der Waals surface area contributed by atoms with E-state index in [4.69, 9.17) is 36.4 Å². The van der Waals surface area contributed by atoms with Crippen LogP contribution in [0.2, 0.25) is 0 Å². The number of carbonyl (C=O) groups excluding carboxylic acids is 1. The van der Waals surface area contributed by atoms with Crippen LogP contribution in [-0.2, 0) is 10.2 Å². The highest BCUT2D eigenvalue weighted by molar-refractivity contribution is 5.93. The molecule has 2 N–H and O–H groups in total. The van der Waals surface area contributed by atoms with E-state index < -0.39 is 5.41 Å². The number of anilines is 1. The summed E-state index contributed by atoms with van der Waals surface area (Å²) in [6.45, 7) is 13.9. The third-order valence-corrected chi connectivity index (χ3v) is 10.1. The Balaban J connectivity index is 1.55. The monoisotopic (exact) mass is 627 g/mol. The first-order valence-electron chi connectivity index (χ1n) is 16.1. The normalized spacial score (nSPS) is 26.8. The number of likely N-dealkylation sites (tertiary alicyclic amines) is 1. The van der Waals surface area contributed by atoms with Gasteiger partial charge < -0.3 is 24.8 Å². The molecule has 2 fully saturated rings. The molecule has 0 aromatic carbocycles. The number of rotatable bonds is 7. The van der Waals surface area contributed by atoms with Crippen LogP contribution < -0.4 is 15.4 Å². The topological polar surface area (TPSA) is 151 Å². The molecule has 5 rings (SSSR count). The Hall–Kier alpha value is -4.42. The van der Waals surface area contributed by atoms with Gasteiger partial charge in [0.15, 0.2) is 0 Å². The molecule has 5 atom stereocenters. The van der Waals surface area contributed by atoms with Gasteiger partial charge in [0.05, 0.1) is 11.0 Å². The maximum absolute atomic E-state index is 12.4. The molecule has 12 nitrogen and oxygen atoms in total. The van der Waals surface area contributed by atoms with Crippen LogP contribution >= 0.6 is 0 Å². The molecule has 1 aliphatic carbocycles. The van der Waals surface area contributed by atoms with Crippen molar-refractivity contribution in [2.24, 2.45) is 5.73 Å². The number of hydrogen-bond donors (Lipinski definition) is 1. The molecule has 0 radical (unpaired) electrons. The van der Waals surface area contributed by atoms with Crippen LogP contribution in [0.5, 0.6) is 6.01 Å². The molecule has 4 heterocycles. The molecule has 2 aliphatic heterocycles. The van der Waals surface area contributed by atoms with Gasteiger partial charge in [-0.05, 0) is 98.7 Å². The van der Waals surface area contributed by atoms with Crippen molar-refractivity contribution in [3.05, 3.63) is 34.4 Å². The summed E-state index contributed by atoms with van der Waals surface area (Å²) in [6, 6.07) is 4.39. The van der Waals surface area contributed by atoms with Gasteiger partial charge >= 0.3 is 6.01 Å². The van der Waals surface area contributed by atoms with Gasteiger partial charge in [-0.15, -0.1) is 6.42 Å². The smallest absolute Gasteiger partial charge is 0.319 e. The molecule has 1 amide bonds. The minimum absolute atomic E-state index is 0.0895. The fraction of sp³-hybridized carbons (Fsp3) is 0.588. The predicted molar refractivity (Wildman–Crippen MR) is 174 cm³/mol. The van der Waals surface area contributed by atoms with Crippen molar-refractivity contribution >= 4 is 11.7 Å². The van der Waals surface area contributed by atoms with Crippen molar-refractivity contribution in [3.63, 3.8) is 0 Å². The SMILES string of the molecule is C#CC(=O)N1CCN(c2cc(-c3noc([C@@]4(C)CCCC(C)=C4/C(C#N)=C(\C)N)n3)nc(O[C@@H](C)[C@@H]3CCCN3C)n2)C(C)C1C. The van der Waals surface area contributed by atoms with E-state index in [9.17, 15) is 10.1 Å². The molecular weight excluding hydrogens is 582 g/mol. The summed E-state index contributed by atoms with van der Waals surface area (Å²) in [5.74, 6) is 3.26. The summed E-state index contributed by atoms with van der Waals surface area (Å²) in [4.78, 5) is 33.1. The standard InChI is InChI=1S/C34H45N9O3/c1-9-29(44)43-17-16-42(22(4)23(43)5)28-18-26(37-33(38-28)45-24(6)27-13-11-15-41(27)8)31-39-32(46-40-31)34(7)14-10-12-20(2)30(34)25(19-35)21(3)36/h1,18,22-24,27H,10-17,36H2,2-8H3/b25-21+/t22?,23?,24-,27-,34-/m0/s1. The van der Waals surface area contributed by atoms with Gasteiger partial charge in [0, 0.05) is 43.0 Å². The Morgan fingerprint density at radius 2 is 1.98 bits per heavy atom. The fourth-order valence-corrected chi connectivity index (χ4v) is 7.36. The Morgan fingerprint density at radius 1 is 1.22 bits per heavy atom. The zero-order valence-corrected chi connectivity index (χ0v) is 28.0. The van der Waals surface area contributed by atoms with Gasteiger partial charge in [-0.2, -0.15) is 20.2 Å². The molecule has 244 valence electrons. The van der Waals surface area contributed by atoms with Gasteiger partial charge in [0.25, 0.3) is 5.91 Å². The number of nitrogens with zero attached hydrogens (tertiary/aromatic N) is 8. The van der Waals surface area contributed by atoms with Crippen molar-refractivity contribution in [2.45, 2.75) is 103 Å². The van der Waals surface area contributed by atoms with Crippen molar-refractivity contribution in [1.82, 2.24) is 29.9 Å². The highest BCUT2D eigenvalue weighted by Gasteiger charge is 2.42. The maximum atomic E-state index is 12.4. The number of hydrogen-bond acceptors (Lipinski definition) is 11. The lowest BCUT2D eigenvalue weighted by Crippen LogP contribution is -2.59. The number of aromatic nitrogens is 4. The van der Waals surface area contributed by atoms with Crippen LogP contribution in [0.25, 0.3) is 11.5 Å². The zero-order chi connectivity index (χ0) is 33.3. The number of carbonyl (C=O) groups is 1. The largest absolute Gasteiger partial charge is 0.459 e. The van der Waals surface area contributed by atoms with E-state index in [-0.39, 0.29) is 36.1 Å². The molecule has 2 aromatic rings. The van der Waals surface area contributed by atoms with Crippen molar-refractivity contribution in [1.29, 1.82) is 5.26 Å². The van der Waals surface area contributed by atoms with Crippen LogP contribution in [0.4, 0.5) is 5.82 Å². The molecular formula is C34H45N9O3. The van der Waals surface area contributed by atoms with Crippen LogP contribution in [0.1, 0.15) is 79.5 Å². The molecule has 0 bridgehead atoms. The van der Waals surface area contributed by atoms with Crippen LogP contribution in [0.15, 0.2) is 33.0 Å². The van der Waals surface area contributed by atoms with Gasteiger partial charge in [0.2, 0.25) is 11.7 Å². The third-order valence-electron chi connectivity index (χ3n) is 10.1. The second kappa shape index (κ2) is 13.1. The summed E-state index contributed by atoms with van der Waals surface area (Å²) < 4.78 is 12.4. The highest BCUT2D eigenvalue weighted by Crippen LogP contribution is 2.46. The van der Waals surface area contributed by atoms with Crippen molar-refractivity contribution in [2.75, 3.05) is 31.6 Å². The lowest BCUT2D eigenvalue weighted by Gasteiger charge is -2.44. The Morgan fingerprint density at radius 3 is 2.63 bits per heavy atom. The minimum Gasteiger partial charge on any atom is -0.459 e. The van der Waals surface area contributed by atoms with E-state index in [1.165, 1.54) is 0 Å². The van der Waals surface area contributed by atoms with Crippen LogP contribution in [-0.4, -0.2) is 86.7 Å². The van der Waals surface area contributed by atoms with Gasteiger partial charge in [-0.1, -0.05) is 10.7 Å². The summed E-state index contributed by atoms with van der Waals surface area (Å²) in [5, 5.41) is 14.4. The molecule has 2 unspecified atom stereocenters. The second-order valence-electron chi connectivity index (χ2n) is 13.2. The molecule has 0 spiro atoms. The van der Waals surface area contributed by atoms with Gasteiger partial charge in [-0.3, -0.25) is 9.69 Å². The van der Waals surface area contributed by atoms with E-state index in [0.717, 1.165) is 49.8 Å². The Kier molecular flexibility index (Phi) is 9.41. The third kappa shape index (κ3) is 6.06. The zero-order valence-electron chi connectivity index (χ0n) is 28.0. The van der Waals surface area contributed by atoms with Gasteiger partial charge in [-0.25, -0.2) is 0 Å². The van der Waals surface area contributed by atoms with Gasteiger partial charge in [0.1, 0.15) is 23.7 Å². The number of likely N-dealkylation sites (N-methyl/N-ethyl adjacent to an activating group) is 1. The number of amides is 1. The average Bonchev–Trinajstić information content (AvgIpc) is 3.70. The molecule has 12 heteroatoms. The molecule has 3 aliphatic rings. The molecule has 46 heavy (non-hydrogen) atoms. The van der Waals surface area contributed by atoms with E-state index >= 15 is 0 Å². The lowest BCUT2D eigenvalue weighted by molar-refractivity contribution is -0.128. The predicted octanol–water partition coefficient (Wildman–Crippen LogP) is 3.96. The number of nitriles is 1. The Labute approximate surface area is 271 Å². The van der Waals surface area contributed by atoms with E-state index in [1.54, 1.807) is 11.8 Å². The summed E-state index contributed by atoms with van der Waals surface area (Å²) in [6.07, 6.45) is 9.96. The molecule has 2 saturated heterocycles. The maximum Gasteiger partial charge on any atom is 0.319 e. The quantitative estimate of drug-likeness (QED) is 0.351. The number of terminal acetylenes is 1. The van der Waals surface area contributed by atoms with Crippen molar-refractivity contribution in [3.8, 4) is 35.9 Å². The van der Waals surface area contributed by atoms with Crippen molar-refractivity contribution < 1.29 is 14.1 Å². The van der Waals surface area contributed by atoms with Crippen LogP contribution in [0, 0.1) is 23.7 Å². The number of ether oxygens (including phenoxy) is 1. The summed E-state index contributed by atoms with van der Waals surface area (Å²) in [7, 11) is 2.11. The highest BCUT2D eigenvalue weighted by atomic mass is 16.5. The summed E-state index contributed by atoms with van der Waals surface area (Å²) in [5.41, 5.74) is 8.79. The lowest BCUT2D eigenvalue weighted by atomic mass is 9.68. The molecule has 0 saturated carbocycles. The second-order valence-corrected chi connectivity index (χ2v) is 13.2. The Bertz CT molecular complexity index is 1630. The average molecular weight is 628 g/mol. The van der Waals surface area contributed by atoms with E-state index in [0.29, 0.717) is 47.6 Å². The number of allylic oxidation sites excluding steroid dienone is 4. The summed E-state index contributed by atoms with van der Waals surface area (Å²) >= 11 is 0. The van der Waals surface area contributed by atoms with E-state index in [2.05, 4.69) is 34.0 Å².